The average Bonchev–Trinajstić information content (AvgIpc) is 2.46. The third-order valence-electron chi connectivity index (χ3n) is 2.27. The Kier molecular flexibility index (Phi) is 5.29. The van der Waals surface area contributed by atoms with Crippen molar-refractivity contribution in [3.05, 3.63) is 23.9 Å². The van der Waals surface area contributed by atoms with Crippen molar-refractivity contribution < 1.29 is 19.1 Å². The highest BCUT2D eigenvalue weighted by atomic mass is 16.5. The number of nitrogens with zero attached hydrogens (tertiary/aromatic N) is 3. The molecule has 1 rings (SSSR count). The number of pyridine rings is 1. The minimum absolute atomic E-state index is 0.159. The molecule has 0 atom stereocenters. The van der Waals surface area contributed by atoms with E-state index >= 15 is 0 Å². The molecule has 1 aromatic heterocycles. The van der Waals surface area contributed by atoms with E-state index in [-0.39, 0.29) is 18.8 Å². The molecule has 0 spiro atoms. The van der Waals surface area contributed by atoms with Gasteiger partial charge >= 0.3 is 11.9 Å². The van der Waals surface area contributed by atoms with E-state index in [1.807, 2.05) is 6.07 Å². The maximum atomic E-state index is 11.3. The van der Waals surface area contributed by atoms with Crippen molar-refractivity contribution in [3.8, 4) is 6.07 Å². The molecule has 1 heterocycles. The fourth-order valence-corrected chi connectivity index (χ4v) is 1.32. The van der Waals surface area contributed by atoms with Crippen molar-refractivity contribution >= 4 is 17.8 Å². The molecule has 7 heteroatoms. The van der Waals surface area contributed by atoms with Crippen LogP contribution in [-0.4, -0.2) is 44.2 Å². The molecule has 0 bridgehead atoms. The number of hydrogen-bond acceptors (Lipinski definition) is 7. The van der Waals surface area contributed by atoms with Gasteiger partial charge in [-0.15, -0.1) is 0 Å². The van der Waals surface area contributed by atoms with Crippen LogP contribution >= 0.6 is 0 Å². The van der Waals surface area contributed by atoms with Gasteiger partial charge in [0.1, 0.15) is 30.7 Å². The molecule has 0 aromatic carbocycles. The number of carbonyl (C=O) groups excluding carboxylic acids is 2. The summed E-state index contributed by atoms with van der Waals surface area (Å²) < 4.78 is 9.10. The van der Waals surface area contributed by atoms with Crippen LogP contribution in [0.3, 0.4) is 0 Å². The molecule has 0 aliphatic rings. The van der Waals surface area contributed by atoms with Crippen molar-refractivity contribution in [2.45, 2.75) is 0 Å². The van der Waals surface area contributed by atoms with Crippen LogP contribution in [0.2, 0.25) is 0 Å². The Bertz CT molecular complexity index is 492. The summed E-state index contributed by atoms with van der Waals surface area (Å²) in [7, 11) is 2.50. The lowest BCUT2D eigenvalue weighted by atomic mass is 10.3. The summed E-state index contributed by atoms with van der Waals surface area (Å²) >= 11 is 0. The molecule has 0 amide bonds. The number of esters is 2. The predicted molar refractivity (Wildman–Crippen MR) is 65.2 cm³/mol. The summed E-state index contributed by atoms with van der Waals surface area (Å²) in [5, 5.41) is 8.79. The van der Waals surface area contributed by atoms with E-state index in [9.17, 15) is 9.59 Å². The second kappa shape index (κ2) is 6.96. The van der Waals surface area contributed by atoms with Crippen molar-refractivity contribution in [1.82, 2.24) is 4.98 Å². The number of methoxy groups -OCH3 is 2. The zero-order valence-electron chi connectivity index (χ0n) is 10.6. The van der Waals surface area contributed by atoms with Gasteiger partial charge in [-0.25, -0.2) is 4.98 Å². The zero-order chi connectivity index (χ0) is 14.3. The molecular weight excluding hydrogens is 250 g/mol. The van der Waals surface area contributed by atoms with Crippen molar-refractivity contribution in [2.75, 3.05) is 32.2 Å². The lowest BCUT2D eigenvalue weighted by Crippen LogP contribution is -2.36. The quantitative estimate of drug-likeness (QED) is 0.696. The maximum Gasteiger partial charge on any atom is 0.325 e. The van der Waals surface area contributed by atoms with Gasteiger partial charge in [0.25, 0.3) is 0 Å². The van der Waals surface area contributed by atoms with E-state index in [4.69, 9.17) is 5.26 Å². The van der Waals surface area contributed by atoms with Gasteiger partial charge in [-0.2, -0.15) is 5.26 Å². The second-order valence-electron chi connectivity index (χ2n) is 3.50. The summed E-state index contributed by atoms with van der Waals surface area (Å²) in [5.41, 5.74) is 0.192. The molecule has 19 heavy (non-hydrogen) atoms. The van der Waals surface area contributed by atoms with Crippen LogP contribution in [0.1, 0.15) is 5.69 Å². The first kappa shape index (κ1) is 14.4. The summed E-state index contributed by atoms with van der Waals surface area (Å²) in [5.74, 6) is -0.712. The van der Waals surface area contributed by atoms with Gasteiger partial charge in [-0.1, -0.05) is 6.07 Å². The van der Waals surface area contributed by atoms with Gasteiger partial charge < -0.3 is 14.4 Å². The molecule has 0 N–H and O–H groups in total. The number of hydrogen-bond donors (Lipinski definition) is 0. The predicted octanol–water partition coefficient (Wildman–Crippen LogP) is 0.106. The van der Waals surface area contributed by atoms with Crippen molar-refractivity contribution in [1.29, 1.82) is 5.26 Å². The van der Waals surface area contributed by atoms with Gasteiger partial charge in [-0.05, 0) is 12.1 Å². The topological polar surface area (TPSA) is 92.5 Å². The van der Waals surface area contributed by atoms with E-state index in [1.165, 1.54) is 25.2 Å². The lowest BCUT2D eigenvalue weighted by molar-refractivity contribution is -0.140. The zero-order valence-corrected chi connectivity index (χ0v) is 10.6. The number of nitriles is 1. The summed E-state index contributed by atoms with van der Waals surface area (Å²) in [6, 6.07) is 6.62. The highest BCUT2D eigenvalue weighted by Crippen LogP contribution is 2.11. The highest BCUT2D eigenvalue weighted by Gasteiger charge is 2.17. The maximum absolute atomic E-state index is 11.3. The van der Waals surface area contributed by atoms with Gasteiger partial charge in [0, 0.05) is 0 Å². The lowest BCUT2D eigenvalue weighted by Gasteiger charge is -2.20. The average molecular weight is 263 g/mol. The van der Waals surface area contributed by atoms with Gasteiger partial charge in [-0.3, -0.25) is 9.59 Å². The Morgan fingerprint density at radius 1 is 1.26 bits per heavy atom. The first-order valence-electron chi connectivity index (χ1n) is 5.36. The molecule has 7 nitrogen and oxygen atoms in total. The van der Waals surface area contributed by atoms with Gasteiger partial charge in [0.05, 0.1) is 14.2 Å². The summed E-state index contributed by atoms with van der Waals surface area (Å²) in [6.45, 7) is -0.318. The summed E-state index contributed by atoms with van der Waals surface area (Å²) in [6.07, 6.45) is 0. The minimum Gasteiger partial charge on any atom is -0.468 e. The normalized spacial score (nSPS) is 9.32. The van der Waals surface area contributed by atoms with Crippen LogP contribution in [0, 0.1) is 11.3 Å². The van der Waals surface area contributed by atoms with Crippen LogP contribution in [0.25, 0.3) is 0 Å². The van der Waals surface area contributed by atoms with Crippen LogP contribution in [0.15, 0.2) is 18.2 Å². The standard InChI is InChI=1S/C12H13N3O4/c1-18-11(16)7-15(8-12(17)19-2)10-5-3-4-9(6-13)14-10/h3-5H,7-8H2,1-2H3. The second-order valence-corrected chi connectivity index (χ2v) is 3.50. The fourth-order valence-electron chi connectivity index (χ4n) is 1.32. The van der Waals surface area contributed by atoms with Gasteiger partial charge in [0.15, 0.2) is 0 Å². The van der Waals surface area contributed by atoms with Crippen molar-refractivity contribution in [3.63, 3.8) is 0 Å². The van der Waals surface area contributed by atoms with Crippen LogP contribution in [0.5, 0.6) is 0 Å². The fraction of sp³-hybridized carbons (Fsp3) is 0.333. The number of carbonyl (C=O) groups is 2. The third kappa shape index (κ3) is 4.27. The van der Waals surface area contributed by atoms with Crippen LogP contribution in [0.4, 0.5) is 5.82 Å². The number of ether oxygens (including phenoxy) is 2. The number of aromatic nitrogens is 1. The smallest absolute Gasteiger partial charge is 0.325 e. The first-order valence-corrected chi connectivity index (χ1v) is 5.36. The molecule has 0 fully saturated rings. The van der Waals surface area contributed by atoms with E-state index in [0.29, 0.717) is 5.82 Å². The van der Waals surface area contributed by atoms with E-state index in [2.05, 4.69) is 14.5 Å². The highest BCUT2D eigenvalue weighted by molar-refractivity contribution is 5.80. The Morgan fingerprint density at radius 3 is 2.32 bits per heavy atom. The van der Waals surface area contributed by atoms with Crippen molar-refractivity contribution in [2.24, 2.45) is 0 Å². The molecular formula is C12H13N3O4. The monoisotopic (exact) mass is 263 g/mol. The van der Waals surface area contributed by atoms with E-state index < -0.39 is 11.9 Å². The first-order chi connectivity index (χ1) is 9.10. The van der Waals surface area contributed by atoms with Gasteiger partial charge in [0.2, 0.25) is 0 Å². The van der Waals surface area contributed by atoms with E-state index in [0.717, 1.165) is 0 Å². The number of rotatable bonds is 5. The molecule has 1 aromatic rings. The molecule has 0 unspecified atom stereocenters. The Labute approximate surface area is 110 Å². The molecule has 0 saturated carbocycles. The van der Waals surface area contributed by atoms with E-state index in [1.54, 1.807) is 12.1 Å². The molecule has 0 saturated heterocycles. The molecule has 0 aliphatic heterocycles. The Hall–Kier alpha value is -2.62. The summed E-state index contributed by atoms with van der Waals surface area (Å²) in [4.78, 5) is 28.0. The minimum atomic E-state index is -0.520. The number of anilines is 1. The third-order valence-corrected chi connectivity index (χ3v) is 2.27. The Balaban J connectivity index is 2.97. The molecule has 0 radical (unpaired) electrons. The van der Waals surface area contributed by atoms with Crippen LogP contribution in [-0.2, 0) is 19.1 Å². The SMILES string of the molecule is COC(=O)CN(CC(=O)OC)c1cccc(C#N)n1. The van der Waals surface area contributed by atoms with Crippen LogP contribution < -0.4 is 4.90 Å². The molecule has 100 valence electrons. The molecule has 0 aliphatic carbocycles. The Morgan fingerprint density at radius 2 is 1.84 bits per heavy atom. The largest absolute Gasteiger partial charge is 0.468 e.